The molecular formula is C31H49BrN2O5S. The first kappa shape index (κ1) is 33.2. The first-order valence-electron chi connectivity index (χ1n) is 14.7. The van der Waals surface area contributed by atoms with Gasteiger partial charge in [-0.1, -0.05) is 55.8 Å². The molecule has 3 saturated heterocycles. The minimum atomic E-state index is -0.790. The summed E-state index contributed by atoms with van der Waals surface area (Å²) in [6, 6.07) is -1.30. The molecule has 7 atom stereocenters. The molecule has 3 unspecified atom stereocenters. The number of rotatable bonds is 14. The van der Waals surface area contributed by atoms with Crippen molar-refractivity contribution in [2.24, 2.45) is 17.3 Å². The summed E-state index contributed by atoms with van der Waals surface area (Å²) in [7, 11) is 0. The summed E-state index contributed by atoms with van der Waals surface area (Å²) in [6.45, 7) is 20.6. The van der Waals surface area contributed by atoms with Gasteiger partial charge in [-0.3, -0.25) is 14.4 Å². The monoisotopic (exact) mass is 640 g/mol. The zero-order valence-electron chi connectivity index (χ0n) is 25.2. The number of carbonyl (C=O) groups excluding carboxylic acids is 3. The van der Waals surface area contributed by atoms with Gasteiger partial charge >= 0.3 is 5.97 Å². The number of esters is 1. The number of ether oxygens (including phenoxy) is 1. The van der Waals surface area contributed by atoms with Crippen LogP contribution in [0.5, 0.6) is 0 Å². The van der Waals surface area contributed by atoms with Crippen LogP contribution >= 0.6 is 27.7 Å². The van der Waals surface area contributed by atoms with Crippen LogP contribution in [0.2, 0.25) is 0 Å². The van der Waals surface area contributed by atoms with Crippen LogP contribution < -0.4 is 0 Å². The highest BCUT2D eigenvalue weighted by Gasteiger charge is 2.76. The standard InChI is InChI=1S/C31H49BrN2O5S/c1-9-12-13-14-16-39-28(38)22-23-26(36)34(20(11-3)18-35)25(31(23)17-21(32)24(22)40-31)27(37)33(15-10-2)30(7,8)19-29(4,5)6/h9-10,20-25,35H,1-2,11-19H2,3-8H3/t20-,21?,22+,23-,24+,25?,31?/m0/s1. The second kappa shape index (κ2) is 12.9. The quantitative estimate of drug-likeness (QED) is 0.119. The molecule has 9 heteroatoms. The third kappa shape index (κ3) is 6.22. The molecule has 40 heavy (non-hydrogen) atoms. The highest BCUT2D eigenvalue weighted by Crippen LogP contribution is 2.68. The Morgan fingerprint density at radius 2 is 1.93 bits per heavy atom. The molecule has 3 fully saturated rings. The molecule has 1 spiro atoms. The Morgan fingerprint density at radius 3 is 2.48 bits per heavy atom. The Kier molecular flexibility index (Phi) is 10.7. The number of nitrogens with zero attached hydrogens (tertiary/aromatic N) is 2. The summed E-state index contributed by atoms with van der Waals surface area (Å²) >= 11 is 5.42. The van der Waals surface area contributed by atoms with Crippen molar-refractivity contribution in [2.75, 3.05) is 19.8 Å². The summed E-state index contributed by atoms with van der Waals surface area (Å²) in [6.07, 6.45) is 7.92. The number of halogens is 1. The number of unbranched alkanes of at least 4 members (excludes halogenated alkanes) is 2. The van der Waals surface area contributed by atoms with Crippen molar-refractivity contribution >= 4 is 45.5 Å². The number of hydrogen-bond donors (Lipinski definition) is 1. The predicted molar refractivity (Wildman–Crippen MR) is 165 cm³/mol. The largest absolute Gasteiger partial charge is 0.465 e. The number of amides is 2. The third-order valence-electron chi connectivity index (χ3n) is 8.63. The third-order valence-corrected chi connectivity index (χ3v) is 11.8. The summed E-state index contributed by atoms with van der Waals surface area (Å²) < 4.78 is 4.95. The van der Waals surface area contributed by atoms with Gasteiger partial charge in [0, 0.05) is 22.2 Å². The van der Waals surface area contributed by atoms with Crippen molar-refractivity contribution in [3.05, 3.63) is 25.3 Å². The second-order valence-corrected chi connectivity index (χ2v) is 16.1. The molecule has 0 aliphatic carbocycles. The molecule has 7 nitrogen and oxygen atoms in total. The molecule has 0 radical (unpaired) electrons. The van der Waals surface area contributed by atoms with Crippen LogP contribution in [-0.4, -0.2) is 84.9 Å². The molecule has 0 aromatic heterocycles. The Bertz CT molecular complexity index is 977. The van der Waals surface area contributed by atoms with Crippen LogP contribution in [0.15, 0.2) is 25.3 Å². The molecule has 3 aliphatic rings. The van der Waals surface area contributed by atoms with Crippen molar-refractivity contribution in [3.8, 4) is 0 Å². The molecule has 0 saturated carbocycles. The Labute approximate surface area is 253 Å². The number of allylic oxidation sites excluding steroid dienone is 1. The van der Waals surface area contributed by atoms with E-state index in [1.165, 1.54) is 0 Å². The van der Waals surface area contributed by atoms with Crippen LogP contribution in [0.25, 0.3) is 0 Å². The minimum Gasteiger partial charge on any atom is -0.465 e. The molecule has 0 aromatic carbocycles. The van der Waals surface area contributed by atoms with E-state index in [9.17, 15) is 19.5 Å². The van der Waals surface area contributed by atoms with Gasteiger partial charge in [0.2, 0.25) is 11.8 Å². The maximum Gasteiger partial charge on any atom is 0.310 e. The van der Waals surface area contributed by atoms with Crippen LogP contribution in [-0.2, 0) is 19.1 Å². The fourth-order valence-electron chi connectivity index (χ4n) is 7.39. The molecule has 3 rings (SSSR count). The van der Waals surface area contributed by atoms with Crippen molar-refractivity contribution < 1.29 is 24.2 Å². The molecule has 3 heterocycles. The number of thioether (sulfide) groups is 1. The number of aliphatic hydroxyl groups excluding tert-OH is 1. The number of likely N-dealkylation sites (tertiary alicyclic amines) is 1. The van der Waals surface area contributed by atoms with E-state index in [0.29, 0.717) is 26.0 Å². The summed E-state index contributed by atoms with van der Waals surface area (Å²) in [4.78, 5) is 46.1. The summed E-state index contributed by atoms with van der Waals surface area (Å²) in [5.41, 5.74) is -0.541. The molecule has 226 valence electrons. The topological polar surface area (TPSA) is 87.2 Å². The van der Waals surface area contributed by atoms with Crippen molar-refractivity contribution in [1.29, 1.82) is 0 Å². The lowest BCUT2D eigenvalue weighted by Crippen LogP contribution is -2.61. The molecule has 1 N–H and O–H groups in total. The maximum absolute atomic E-state index is 14.8. The van der Waals surface area contributed by atoms with E-state index >= 15 is 0 Å². The fourth-order valence-corrected chi connectivity index (χ4v) is 11.0. The average Bonchev–Trinajstić information content (AvgIpc) is 3.45. The lowest BCUT2D eigenvalue weighted by Gasteiger charge is -2.46. The van der Waals surface area contributed by atoms with E-state index in [0.717, 1.165) is 25.7 Å². The van der Waals surface area contributed by atoms with Gasteiger partial charge in [-0.15, -0.1) is 24.9 Å². The van der Waals surface area contributed by atoms with Gasteiger partial charge in [0.1, 0.15) is 6.04 Å². The lowest BCUT2D eigenvalue weighted by atomic mass is 9.70. The van der Waals surface area contributed by atoms with Gasteiger partial charge in [0.05, 0.1) is 35.8 Å². The average molecular weight is 642 g/mol. The Balaban J connectivity index is 2.04. The SMILES string of the molecule is C=CCCCCOC(=O)[C@H]1[C@@H]2SC3(CC2Br)C(C(=O)N(CC=C)C(C)(C)CC(C)(C)C)N([C@@H](CC)CO)C(=O)[C@H]13. The van der Waals surface area contributed by atoms with Crippen molar-refractivity contribution in [2.45, 2.75) is 113 Å². The molecule has 0 aromatic rings. The first-order chi connectivity index (χ1) is 18.7. The van der Waals surface area contributed by atoms with Crippen molar-refractivity contribution in [3.63, 3.8) is 0 Å². The Hall–Kier alpha value is -1.32. The second-order valence-electron chi connectivity index (χ2n) is 13.4. The van der Waals surface area contributed by atoms with E-state index in [1.54, 1.807) is 22.7 Å². The van der Waals surface area contributed by atoms with E-state index in [-0.39, 0.29) is 39.9 Å². The van der Waals surface area contributed by atoms with Crippen LogP contribution in [0.4, 0.5) is 0 Å². The number of carbonyl (C=O) groups is 3. The minimum absolute atomic E-state index is 0.0280. The van der Waals surface area contributed by atoms with Gasteiger partial charge in [0.15, 0.2) is 0 Å². The van der Waals surface area contributed by atoms with Gasteiger partial charge in [0.25, 0.3) is 0 Å². The van der Waals surface area contributed by atoms with E-state index in [1.807, 2.05) is 17.9 Å². The Morgan fingerprint density at radius 1 is 1.25 bits per heavy atom. The summed E-state index contributed by atoms with van der Waals surface area (Å²) in [5, 5.41) is 10.2. The van der Waals surface area contributed by atoms with Crippen molar-refractivity contribution in [1.82, 2.24) is 9.80 Å². The normalized spacial score (nSPS) is 30.2. The maximum atomic E-state index is 14.8. The highest BCUT2D eigenvalue weighted by atomic mass is 79.9. The highest BCUT2D eigenvalue weighted by molar-refractivity contribution is 9.09. The number of hydrogen-bond acceptors (Lipinski definition) is 6. The smallest absolute Gasteiger partial charge is 0.310 e. The predicted octanol–water partition coefficient (Wildman–Crippen LogP) is 5.35. The molecule has 3 aliphatic heterocycles. The van der Waals surface area contributed by atoms with Gasteiger partial charge < -0.3 is 19.6 Å². The zero-order valence-corrected chi connectivity index (χ0v) is 27.6. The molecule has 2 bridgehead atoms. The van der Waals surface area contributed by atoms with Gasteiger partial charge in [-0.2, -0.15) is 0 Å². The lowest BCUT2D eigenvalue weighted by molar-refractivity contribution is -0.154. The molecule has 2 amide bonds. The summed E-state index contributed by atoms with van der Waals surface area (Å²) in [5.74, 6) is -2.01. The van der Waals surface area contributed by atoms with Crippen LogP contribution in [0, 0.1) is 17.3 Å². The molecular weight excluding hydrogens is 592 g/mol. The number of aliphatic hydroxyl groups is 1. The fraction of sp³-hybridized carbons (Fsp3) is 0.774. The first-order valence-corrected chi connectivity index (χ1v) is 16.4. The number of alkyl halides is 1. The number of fused-ring (bicyclic) bond motifs is 1. The van der Waals surface area contributed by atoms with Crippen LogP contribution in [0.3, 0.4) is 0 Å². The zero-order chi connectivity index (χ0) is 30.0. The van der Waals surface area contributed by atoms with Gasteiger partial charge in [-0.25, -0.2) is 0 Å². The van der Waals surface area contributed by atoms with Gasteiger partial charge in [-0.05, 0) is 57.8 Å². The van der Waals surface area contributed by atoms with E-state index in [2.05, 4.69) is 63.7 Å². The van der Waals surface area contributed by atoms with Crippen LogP contribution in [0.1, 0.15) is 80.1 Å². The van der Waals surface area contributed by atoms with E-state index < -0.39 is 34.2 Å². The van der Waals surface area contributed by atoms with E-state index in [4.69, 9.17) is 4.74 Å².